The minimum absolute atomic E-state index is 0.0420. The van der Waals surface area contributed by atoms with E-state index in [4.69, 9.17) is 0 Å². The molecule has 1 aliphatic rings. The van der Waals surface area contributed by atoms with Crippen molar-refractivity contribution in [1.82, 2.24) is 4.90 Å². The van der Waals surface area contributed by atoms with Gasteiger partial charge >= 0.3 is 0 Å². The van der Waals surface area contributed by atoms with Gasteiger partial charge in [0.15, 0.2) is 0 Å². The highest BCUT2D eigenvalue weighted by molar-refractivity contribution is 5.97. The number of carbonyl (C=O) groups excluding carboxylic acids is 1. The second-order valence-corrected chi connectivity index (χ2v) is 5.75. The summed E-state index contributed by atoms with van der Waals surface area (Å²) in [7, 11) is 0. The second-order valence-electron chi connectivity index (χ2n) is 5.75. The van der Waals surface area contributed by atoms with E-state index in [9.17, 15) is 24.4 Å². The zero-order chi connectivity index (χ0) is 17.3. The first-order valence-electron chi connectivity index (χ1n) is 7.48. The Labute approximate surface area is 137 Å². The number of carbonyl (C=O) groups is 1. The highest BCUT2D eigenvalue weighted by Crippen LogP contribution is 2.30. The van der Waals surface area contributed by atoms with Crippen LogP contribution in [0.4, 0.5) is 10.1 Å². The number of nitro groups is 1. The Bertz CT molecular complexity index is 792. The molecule has 1 atom stereocenters. The van der Waals surface area contributed by atoms with E-state index in [1.54, 1.807) is 17.0 Å². The van der Waals surface area contributed by atoms with Gasteiger partial charge in [-0.3, -0.25) is 14.9 Å². The molecule has 6 nitrogen and oxygen atoms in total. The van der Waals surface area contributed by atoms with Crippen molar-refractivity contribution in [3.63, 3.8) is 0 Å². The van der Waals surface area contributed by atoms with Crippen LogP contribution in [0.1, 0.15) is 28.3 Å². The van der Waals surface area contributed by atoms with Crippen molar-refractivity contribution in [2.75, 3.05) is 13.1 Å². The molecular weight excluding hydrogens is 315 g/mol. The topological polar surface area (TPSA) is 83.7 Å². The molecule has 0 aromatic heterocycles. The zero-order valence-corrected chi connectivity index (χ0v) is 12.7. The van der Waals surface area contributed by atoms with Gasteiger partial charge in [-0.05, 0) is 30.2 Å². The molecule has 1 heterocycles. The van der Waals surface area contributed by atoms with Crippen LogP contribution in [0.5, 0.6) is 5.75 Å². The van der Waals surface area contributed by atoms with Crippen LogP contribution in [0.25, 0.3) is 0 Å². The Morgan fingerprint density at radius 2 is 1.96 bits per heavy atom. The van der Waals surface area contributed by atoms with Crippen molar-refractivity contribution in [2.24, 2.45) is 0 Å². The minimum atomic E-state index is -0.631. The highest BCUT2D eigenvalue weighted by atomic mass is 19.1. The van der Waals surface area contributed by atoms with E-state index in [-0.39, 0.29) is 28.9 Å². The molecule has 1 fully saturated rings. The maximum absolute atomic E-state index is 13.0. The maximum Gasteiger partial charge on any atom is 0.273 e. The third-order valence-corrected chi connectivity index (χ3v) is 4.24. The summed E-state index contributed by atoms with van der Waals surface area (Å²) >= 11 is 0. The molecule has 24 heavy (non-hydrogen) atoms. The fourth-order valence-electron chi connectivity index (χ4n) is 2.94. The van der Waals surface area contributed by atoms with Crippen molar-refractivity contribution in [3.05, 3.63) is 69.5 Å². The van der Waals surface area contributed by atoms with Gasteiger partial charge in [0.2, 0.25) is 0 Å². The average Bonchev–Trinajstić information content (AvgIpc) is 3.04. The van der Waals surface area contributed by atoms with Crippen LogP contribution in [0.3, 0.4) is 0 Å². The minimum Gasteiger partial charge on any atom is -0.507 e. The van der Waals surface area contributed by atoms with Gasteiger partial charge in [0.05, 0.1) is 16.6 Å². The standard InChI is InChI=1S/C17H15FN2O4/c18-13-3-1-11(2-4-13)12-7-8-19(10-12)17(22)15-6-5-14(20(23)24)9-16(15)21/h1-6,9,12,21H,7-8,10H2. The summed E-state index contributed by atoms with van der Waals surface area (Å²) in [6.07, 6.45) is 0.741. The number of hydrogen-bond donors (Lipinski definition) is 1. The summed E-state index contributed by atoms with van der Waals surface area (Å²) in [6.45, 7) is 0.970. The number of non-ortho nitro benzene ring substituents is 1. The van der Waals surface area contributed by atoms with E-state index in [1.807, 2.05) is 0 Å². The van der Waals surface area contributed by atoms with Gasteiger partial charge in [0.1, 0.15) is 11.6 Å². The monoisotopic (exact) mass is 330 g/mol. The molecule has 1 amide bonds. The Kier molecular flexibility index (Phi) is 4.16. The average molecular weight is 330 g/mol. The molecule has 3 rings (SSSR count). The van der Waals surface area contributed by atoms with Gasteiger partial charge in [0, 0.05) is 25.1 Å². The summed E-state index contributed by atoms with van der Waals surface area (Å²) in [4.78, 5) is 24.2. The highest BCUT2D eigenvalue weighted by Gasteiger charge is 2.29. The lowest BCUT2D eigenvalue weighted by Crippen LogP contribution is -2.28. The largest absolute Gasteiger partial charge is 0.507 e. The quantitative estimate of drug-likeness (QED) is 0.692. The summed E-state index contributed by atoms with van der Waals surface area (Å²) in [5.74, 6) is -0.971. The number of nitro benzene ring substituents is 1. The number of phenolic OH excluding ortho intramolecular Hbond substituents is 1. The predicted octanol–water partition coefficient (Wildman–Crippen LogP) is 3.07. The number of nitrogens with zero attached hydrogens (tertiary/aromatic N) is 2. The lowest BCUT2D eigenvalue weighted by molar-refractivity contribution is -0.384. The molecule has 0 spiro atoms. The maximum atomic E-state index is 13.0. The van der Waals surface area contributed by atoms with Gasteiger partial charge in [0.25, 0.3) is 11.6 Å². The molecule has 0 bridgehead atoms. The second kappa shape index (κ2) is 6.27. The molecule has 1 unspecified atom stereocenters. The Hall–Kier alpha value is -2.96. The third kappa shape index (κ3) is 3.05. The number of halogens is 1. The summed E-state index contributed by atoms with van der Waals surface area (Å²) in [5.41, 5.74) is 0.731. The molecule has 0 radical (unpaired) electrons. The van der Waals surface area contributed by atoms with Crippen molar-refractivity contribution < 1.29 is 19.2 Å². The SMILES string of the molecule is O=C(c1ccc([N+](=O)[O-])cc1O)N1CCC(c2ccc(F)cc2)C1. The Balaban J connectivity index is 1.75. The molecule has 2 aromatic carbocycles. The lowest BCUT2D eigenvalue weighted by Gasteiger charge is -2.17. The van der Waals surface area contributed by atoms with Gasteiger partial charge in [-0.1, -0.05) is 12.1 Å². The van der Waals surface area contributed by atoms with Crippen LogP contribution in [0, 0.1) is 15.9 Å². The van der Waals surface area contributed by atoms with E-state index >= 15 is 0 Å². The van der Waals surface area contributed by atoms with E-state index in [1.165, 1.54) is 24.3 Å². The van der Waals surface area contributed by atoms with Gasteiger partial charge < -0.3 is 10.0 Å². The van der Waals surface area contributed by atoms with Crippen LogP contribution in [0.15, 0.2) is 42.5 Å². The fraction of sp³-hybridized carbons (Fsp3) is 0.235. The number of benzene rings is 2. The van der Waals surface area contributed by atoms with Gasteiger partial charge in [-0.25, -0.2) is 4.39 Å². The first-order chi connectivity index (χ1) is 11.5. The summed E-state index contributed by atoms with van der Waals surface area (Å²) < 4.78 is 13.0. The summed E-state index contributed by atoms with van der Waals surface area (Å²) in [6, 6.07) is 9.63. The Morgan fingerprint density at radius 1 is 1.25 bits per heavy atom. The third-order valence-electron chi connectivity index (χ3n) is 4.24. The number of phenols is 1. The van der Waals surface area contributed by atoms with Crippen LogP contribution >= 0.6 is 0 Å². The van der Waals surface area contributed by atoms with Crippen LogP contribution < -0.4 is 0 Å². The van der Waals surface area contributed by atoms with E-state index in [0.29, 0.717) is 13.1 Å². The number of rotatable bonds is 3. The van der Waals surface area contributed by atoms with Crippen molar-refractivity contribution in [3.8, 4) is 5.75 Å². The van der Waals surface area contributed by atoms with Crippen molar-refractivity contribution in [2.45, 2.75) is 12.3 Å². The number of aromatic hydroxyl groups is 1. The molecular formula is C17H15FN2O4. The molecule has 2 aromatic rings. The zero-order valence-electron chi connectivity index (χ0n) is 12.7. The molecule has 0 aliphatic carbocycles. The van der Waals surface area contributed by atoms with Crippen LogP contribution in [-0.4, -0.2) is 33.9 Å². The lowest BCUT2D eigenvalue weighted by atomic mass is 9.98. The van der Waals surface area contributed by atoms with E-state index < -0.39 is 10.7 Å². The van der Waals surface area contributed by atoms with Crippen LogP contribution in [0.2, 0.25) is 0 Å². The smallest absolute Gasteiger partial charge is 0.273 e. The molecule has 1 N–H and O–H groups in total. The van der Waals surface area contributed by atoms with Crippen molar-refractivity contribution in [1.29, 1.82) is 0 Å². The molecule has 124 valence electrons. The fourth-order valence-corrected chi connectivity index (χ4v) is 2.94. The normalized spacial score (nSPS) is 17.0. The number of likely N-dealkylation sites (tertiary alicyclic amines) is 1. The van der Waals surface area contributed by atoms with E-state index in [2.05, 4.69) is 0 Å². The van der Waals surface area contributed by atoms with Gasteiger partial charge in [-0.2, -0.15) is 0 Å². The molecule has 0 saturated carbocycles. The predicted molar refractivity (Wildman–Crippen MR) is 84.4 cm³/mol. The van der Waals surface area contributed by atoms with E-state index in [0.717, 1.165) is 18.1 Å². The molecule has 1 aliphatic heterocycles. The van der Waals surface area contributed by atoms with Crippen molar-refractivity contribution >= 4 is 11.6 Å². The molecule has 1 saturated heterocycles. The number of amides is 1. The van der Waals surface area contributed by atoms with Gasteiger partial charge in [-0.15, -0.1) is 0 Å². The first kappa shape index (κ1) is 15.9. The number of hydrogen-bond acceptors (Lipinski definition) is 4. The molecule has 7 heteroatoms. The summed E-state index contributed by atoms with van der Waals surface area (Å²) in [5, 5.41) is 20.6. The van der Waals surface area contributed by atoms with Crippen LogP contribution in [-0.2, 0) is 0 Å². The Morgan fingerprint density at radius 3 is 2.58 bits per heavy atom. The first-order valence-corrected chi connectivity index (χ1v) is 7.48.